The number of rotatable bonds is 1. The van der Waals surface area contributed by atoms with Crippen molar-refractivity contribution in [3.63, 3.8) is 0 Å². The molecule has 0 aliphatic heterocycles. The van der Waals surface area contributed by atoms with E-state index in [0.717, 1.165) is 15.9 Å². The first-order valence-corrected chi connectivity index (χ1v) is 5.24. The third kappa shape index (κ3) is 1.04. The van der Waals surface area contributed by atoms with E-state index < -0.39 is 0 Å². The average Bonchev–Trinajstić information content (AvgIpc) is 2.91. The van der Waals surface area contributed by atoms with Gasteiger partial charge in [-0.15, -0.1) is 0 Å². The molecule has 2 heterocycles. The lowest BCUT2D eigenvalue weighted by molar-refractivity contribution is 0.745. The Balaban J connectivity index is 2.43. The fourth-order valence-electron chi connectivity index (χ4n) is 1.82. The number of aromatic nitrogens is 3. The van der Waals surface area contributed by atoms with Crippen LogP contribution in [-0.2, 0) is 0 Å². The molecule has 14 heavy (non-hydrogen) atoms. The average molecular weight is 205 g/mol. The lowest BCUT2D eigenvalue weighted by Crippen LogP contribution is -1.94. The van der Waals surface area contributed by atoms with Crippen molar-refractivity contribution in [2.45, 2.75) is 25.8 Å². The van der Waals surface area contributed by atoms with Crippen LogP contribution in [0.1, 0.15) is 24.4 Å². The predicted octanol–water partition coefficient (Wildman–Crippen LogP) is 2.74. The minimum Gasteiger partial charge on any atom is -0.329 e. The molecule has 0 atom stereocenters. The van der Waals surface area contributed by atoms with Crippen molar-refractivity contribution in [2.24, 2.45) is 0 Å². The number of fused-ring (bicyclic) bond motifs is 1. The molecular weight excluding hydrogens is 194 g/mol. The molecule has 0 amide bonds. The van der Waals surface area contributed by atoms with Crippen molar-refractivity contribution in [1.82, 2.24) is 14.5 Å². The number of aromatic amines is 1. The van der Waals surface area contributed by atoms with E-state index in [0.29, 0.717) is 6.04 Å². The van der Waals surface area contributed by atoms with E-state index in [2.05, 4.69) is 21.5 Å². The predicted molar refractivity (Wildman–Crippen MR) is 57.9 cm³/mol. The molecule has 0 bridgehead atoms. The van der Waals surface area contributed by atoms with Gasteiger partial charge in [0.05, 0.1) is 5.52 Å². The highest BCUT2D eigenvalue weighted by molar-refractivity contribution is 7.71. The van der Waals surface area contributed by atoms with E-state index in [-0.39, 0.29) is 0 Å². The maximum atomic E-state index is 5.30. The fourth-order valence-corrected chi connectivity index (χ4v) is 2.15. The summed E-state index contributed by atoms with van der Waals surface area (Å²) in [4.78, 5) is 7.62. The van der Waals surface area contributed by atoms with Crippen molar-refractivity contribution in [1.29, 1.82) is 0 Å². The van der Waals surface area contributed by atoms with Crippen LogP contribution >= 0.6 is 12.2 Å². The third-order valence-corrected chi connectivity index (χ3v) is 3.03. The Morgan fingerprint density at radius 2 is 2.36 bits per heavy atom. The maximum Gasteiger partial charge on any atom is 0.179 e. The minimum absolute atomic E-state index is 0.588. The molecule has 0 spiro atoms. The molecule has 1 fully saturated rings. The summed E-state index contributed by atoms with van der Waals surface area (Å²) in [6.45, 7) is 2.08. The van der Waals surface area contributed by atoms with E-state index in [1.807, 2.05) is 12.3 Å². The minimum atomic E-state index is 0.588. The number of imidazole rings is 1. The highest BCUT2D eigenvalue weighted by Gasteiger charge is 2.26. The summed E-state index contributed by atoms with van der Waals surface area (Å²) in [7, 11) is 0. The summed E-state index contributed by atoms with van der Waals surface area (Å²) in [6.07, 6.45) is 4.31. The summed E-state index contributed by atoms with van der Waals surface area (Å²) in [5, 5.41) is 0. The van der Waals surface area contributed by atoms with Crippen LogP contribution < -0.4 is 0 Å². The number of nitrogens with zero attached hydrogens (tertiary/aromatic N) is 2. The number of aryl methyl sites for hydroxylation is 1. The zero-order valence-corrected chi connectivity index (χ0v) is 8.77. The summed E-state index contributed by atoms with van der Waals surface area (Å²) < 4.78 is 2.96. The van der Waals surface area contributed by atoms with Crippen LogP contribution in [0, 0.1) is 11.7 Å². The van der Waals surface area contributed by atoms with Crippen molar-refractivity contribution >= 4 is 23.4 Å². The van der Waals surface area contributed by atoms with Crippen molar-refractivity contribution in [2.75, 3.05) is 0 Å². The molecule has 0 saturated heterocycles. The lowest BCUT2D eigenvalue weighted by atomic mass is 10.3. The third-order valence-electron chi connectivity index (χ3n) is 2.73. The van der Waals surface area contributed by atoms with Gasteiger partial charge in [0.25, 0.3) is 0 Å². The zero-order chi connectivity index (χ0) is 9.71. The molecule has 1 aliphatic carbocycles. The van der Waals surface area contributed by atoms with E-state index in [1.54, 1.807) is 0 Å². The number of hydrogen-bond donors (Lipinski definition) is 1. The van der Waals surface area contributed by atoms with Gasteiger partial charge in [-0.1, -0.05) is 0 Å². The summed E-state index contributed by atoms with van der Waals surface area (Å²) in [5.74, 6) is 0. The molecule has 1 N–H and O–H groups in total. The van der Waals surface area contributed by atoms with E-state index in [4.69, 9.17) is 12.2 Å². The van der Waals surface area contributed by atoms with Crippen LogP contribution in [0.4, 0.5) is 0 Å². The van der Waals surface area contributed by atoms with E-state index in [9.17, 15) is 0 Å². The van der Waals surface area contributed by atoms with Crippen LogP contribution in [0.2, 0.25) is 0 Å². The molecule has 2 aromatic heterocycles. The molecule has 4 heteroatoms. The highest BCUT2D eigenvalue weighted by atomic mass is 32.1. The van der Waals surface area contributed by atoms with Gasteiger partial charge in [-0.3, -0.25) is 4.57 Å². The number of nitrogens with one attached hydrogen (secondary N) is 1. The van der Waals surface area contributed by atoms with Gasteiger partial charge in [0.1, 0.15) is 0 Å². The first-order chi connectivity index (χ1) is 6.77. The monoisotopic (exact) mass is 205 g/mol. The summed E-state index contributed by atoms with van der Waals surface area (Å²) in [5.41, 5.74) is 3.31. The van der Waals surface area contributed by atoms with Gasteiger partial charge < -0.3 is 4.98 Å². The SMILES string of the molecule is Cc1ccnc2c1[nH]c(=S)n2C1CC1. The Kier molecular flexibility index (Phi) is 1.56. The molecule has 72 valence electrons. The quantitative estimate of drug-likeness (QED) is 0.726. The molecule has 0 aromatic carbocycles. The van der Waals surface area contributed by atoms with Gasteiger partial charge in [0.15, 0.2) is 10.4 Å². The van der Waals surface area contributed by atoms with Crippen LogP contribution in [0.25, 0.3) is 11.2 Å². The topological polar surface area (TPSA) is 33.6 Å². The Morgan fingerprint density at radius 3 is 3.07 bits per heavy atom. The van der Waals surface area contributed by atoms with E-state index in [1.165, 1.54) is 18.4 Å². The van der Waals surface area contributed by atoms with Crippen molar-refractivity contribution in [3.8, 4) is 0 Å². The van der Waals surface area contributed by atoms with Gasteiger partial charge in [0, 0.05) is 12.2 Å². The molecular formula is C10H11N3S. The first-order valence-electron chi connectivity index (χ1n) is 4.83. The molecule has 0 unspecified atom stereocenters. The Bertz CT molecular complexity index is 548. The first kappa shape index (κ1) is 8.17. The van der Waals surface area contributed by atoms with Crippen molar-refractivity contribution < 1.29 is 0 Å². The maximum absolute atomic E-state index is 5.30. The molecule has 1 aliphatic rings. The van der Waals surface area contributed by atoms with Gasteiger partial charge in [-0.2, -0.15) is 0 Å². The zero-order valence-electron chi connectivity index (χ0n) is 7.95. The Labute approximate surface area is 86.8 Å². The van der Waals surface area contributed by atoms with Crippen LogP contribution in [-0.4, -0.2) is 14.5 Å². The largest absolute Gasteiger partial charge is 0.329 e. The Morgan fingerprint density at radius 1 is 1.57 bits per heavy atom. The van der Waals surface area contributed by atoms with Gasteiger partial charge in [-0.05, 0) is 43.6 Å². The normalized spacial score (nSPS) is 16.4. The van der Waals surface area contributed by atoms with Gasteiger partial charge in [-0.25, -0.2) is 4.98 Å². The number of H-pyrrole nitrogens is 1. The molecule has 3 nitrogen and oxygen atoms in total. The second-order valence-electron chi connectivity index (χ2n) is 3.86. The standard InChI is InChI=1S/C10H11N3S/c1-6-4-5-11-9-8(6)12-10(14)13(9)7-2-3-7/h4-5,7H,2-3H2,1H3,(H,12,14). The highest BCUT2D eigenvalue weighted by Crippen LogP contribution is 2.37. The summed E-state index contributed by atoms with van der Waals surface area (Å²) >= 11 is 5.30. The molecule has 2 aromatic rings. The van der Waals surface area contributed by atoms with Crippen LogP contribution in [0.15, 0.2) is 12.3 Å². The van der Waals surface area contributed by atoms with E-state index >= 15 is 0 Å². The molecule has 1 saturated carbocycles. The molecule has 3 rings (SSSR count). The number of pyridine rings is 1. The van der Waals surface area contributed by atoms with Crippen LogP contribution in [0.3, 0.4) is 0 Å². The van der Waals surface area contributed by atoms with Crippen molar-refractivity contribution in [3.05, 3.63) is 22.6 Å². The fraction of sp³-hybridized carbons (Fsp3) is 0.400. The van der Waals surface area contributed by atoms with Crippen LogP contribution in [0.5, 0.6) is 0 Å². The summed E-state index contributed by atoms with van der Waals surface area (Å²) in [6, 6.07) is 2.59. The molecule has 0 radical (unpaired) electrons. The van der Waals surface area contributed by atoms with Gasteiger partial charge in [0.2, 0.25) is 0 Å². The second kappa shape index (κ2) is 2.67. The van der Waals surface area contributed by atoms with Gasteiger partial charge >= 0.3 is 0 Å². The number of hydrogen-bond acceptors (Lipinski definition) is 2. The second-order valence-corrected chi connectivity index (χ2v) is 4.24. The smallest absolute Gasteiger partial charge is 0.179 e. The lowest BCUT2D eigenvalue weighted by Gasteiger charge is -1.99. The Hall–Kier alpha value is -1.16.